The number of amides is 1. The Hall–Kier alpha value is -2.73. The molecule has 0 fully saturated rings. The van der Waals surface area contributed by atoms with Gasteiger partial charge in [0.05, 0.1) is 0 Å². The summed E-state index contributed by atoms with van der Waals surface area (Å²) < 4.78 is 5.68. The van der Waals surface area contributed by atoms with Gasteiger partial charge in [-0.2, -0.15) is 0 Å². The molecule has 3 rings (SSSR count). The maximum absolute atomic E-state index is 12.3. The minimum absolute atomic E-state index is 0.256. The number of ether oxygens (including phenoxy) is 1. The highest BCUT2D eigenvalue weighted by molar-refractivity contribution is 7.18. The number of nitrogens with one attached hydrogen (secondary N) is 1. The Labute approximate surface area is 150 Å². The minimum atomic E-state index is -0.631. The zero-order valence-corrected chi connectivity index (χ0v) is 15.1. The first-order chi connectivity index (χ1) is 12.0. The summed E-state index contributed by atoms with van der Waals surface area (Å²) in [6, 6.07) is 15.6. The van der Waals surface area contributed by atoms with E-state index in [0.717, 1.165) is 16.1 Å². The Balaban J connectivity index is 1.64. The van der Waals surface area contributed by atoms with E-state index < -0.39 is 6.10 Å². The molecular weight excluding hydrogens is 334 g/mol. The second-order valence-electron chi connectivity index (χ2n) is 5.84. The average Bonchev–Trinajstić information content (AvgIpc) is 3.04. The molecule has 128 valence electrons. The molecule has 3 aromatic rings. The summed E-state index contributed by atoms with van der Waals surface area (Å²) in [5, 5.41) is 12.2. The highest BCUT2D eigenvalue weighted by atomic mass is 32.1. The van der Waals surface area contributed by atoms with Crippen LogP contribution in [0.25, 0.3) is 10.6 Å². The maximum atomic E-state index is 12.3. The Bertz CT molecular complexity index is 874. The molecule has 1 heterocycles. The molecule has 0 radical (unpaired) electrons. The molecule has 0 saturated heterocycles. The van der Waals surface area contributed by atoms with Gasteiger partial charge in [-0.25, -0.2) is 0 Å². The highest BCUT2D eigenvalue weighted by Crippen LogP contribution is 2.26. The van der Waals surface area contributed by atoms with Gasteiger partial charge in [-0.15, -0.1) is 10.2 Å². The molecule has 25 heavy (non-hydrogen) atoms. The summed E-state index contributed by atoms with van der Waals surface area (Å²) in [5.41, 5.74) is 3.24. The van der Waals surface area contributed by atoms with Crippen LogP contribution in [-0.2, 0) is 4.79 Å². The Morgan fingerprint density at radius 3 is 2.56 bits per heavy atom. The third kappa shape index (κ3) is 4.42. The number of carbonyl (C=O) groups is 1. The second-order valence-corrected chi connectivity index (χ2v) is 6.82. The standard InChI is InChI=1S/C19H19N3O2S/c1-12-7-9-15(10-8-12)18-21-22-19(25-18)20-17(23)14(3)24-16-6-4-5-13(2)11-16/h4-11,14H,1-3H3,(H,20,22,23)/t14-/m0/s1. The number of hydrogen-bond donors (Lipinski definition) is 1. The van der Waals surface area contributed by atoms with Crippen molar-refractivity contribution in [1.29, 1.82) is 0 Å². The third-order valence-corrected chi connectivity index (χ3v) is 4.51. The quantitative estimate of drug-likeness (QED) is 0.745. The van der Waals surface area contributed by atoms with E-state index in [-0.39, 0.29) is 5.91 Å². The first-order valence-electron chi connectivity index (χ1n) is 7.96. The zero-order valence-electron chi connectivity index (χ0n) is 14.3. The fraction of sp³-hybridized carbons (Fsp3) is 0.211. The van der Waals surface area contributed by atoms with Crippen LogP contribution < -0.4 is 10.1 Å². The Kier molecular flexibility index (Phi) is 5.09. The van der Waals surface area contributed by atoms with Gasteiger partial charge in [0.25, 0.3) is 5.91 Å². The van der Waals surface area contributed by atoms with Gasteiger partial charge in [0.1, 0.15) is 10.8 Å². The fourth-order valence-corrected chi connectivity index (χ4v) is 2.99. The molecular formula is C19H19N3O2S. The van der Waals surface area contributed by atoms with E-state index in [9.17, 15) is 4.79 Å². The van der Waals surface area contributed by atoms with E-state index in [1.54, 1.807) is 6.92 Å². The molecule has 5 nitrogen and oxygen atoms in total. The molecule has 0 aliphatic rings. The van der Waals surface area contributed by atoms with Crippen LogP contribution in [0.15, 0.2) is 48.5 Å². The van der Waals surface area contributed by atoms with Crippen LogP contribution in [0.4, 0.5) is 5.13 Å². The summed E-state index contributed by atoms with van der Waals surface area (Å²) in [6.07, 6.45) is -0.631. The molecule has 0 unspecified atom stereocenters. The maximum Gasteiger partial charge on any atom is 0.266 e. The van der Waals surface area contributed by atoms with Crippen molar-refractivity contribution in [3.63, 3.8) is 0 Å². The SMILES string of the molecule is Cc1ccc(-c2nnc(NC(=O)[C@H](C)Oc3cccc(C)c3)s2)cc1. The van der Waals surface area contributed by atoms with E-state index in [1.807, 2.05) is 62.4 Å². The summed E-state index contributed by atoms with van der Waals surface area (Å²) in [7, 11) is 0. The summed E-state index contributed by atoms with van der Waals surface area (Å²) in [6.45, 7) is 5.72. The lowest BCUT2D eigenvalue weighted by molar-refractivity contribution is -0.122. The van der Waals surface area contributed by atoms with Gasteiger partial charge in [0, 0.05) is 5.56 Å². The number of aryl methyl sites for hydroxylation is 2. The number of aromatic nitrogens is 2. The van der Waals surface area contributed by atoms with Crippen LogP contribution in [-0.4, -0.2) is 22.2 Å². The first-order valence-corrected chi connectivity index (χ1v) is 8.77. The monoisotopic (exact) mass is 353 g/mol. The lowest BCUT2D eigenvalue weighted by atomic mass is 10.2. The van der Waals surface area contributed by atoms with Gasteiger partial charge in [-0.3, -0.25) is 10.1 Å². The molecule has 1 atom stereocenters. The topological polar surface area (TPSA) is 64.1 Å². The Morgan fingerprint density at radius 1 is 1.08 bits per heavy atom. The molecule has 6 heteroatoms. The van der Waals surface area contributed by atoms with Crippen molar-refractivity contribution >= 4 is 22.4 Å². The molecule has 0 aliphatic carbocycles. The summed E-state index contributed by atoms with van der Waals surface area (Å²) >= 11 is 1.34. The van der Waals surface area contributed by atoms with E-state index in [4.69, 9.17) is 4.74 Å². The largest absolute Gasteiger partial charge is 0.481 e. The average molecular weight is 353 g/mol. The van der Waals surface area contributed by atoms with Crippen LogP contribution in [0.1, 0.15) is 18.1 Å². The predicted molar refractivity (Wildman–Crippen MR) is 100.0 cm³/mol. The van der Waals surface area contributed by atoms with Crippen LogP contribution in [0.2, 0.25) is 0 Å². The van der Waals surface area contributed by atoms with Crippen molar-refractivity contribution in [2.75, 3.05) is 5.32 Å². The van der Waals surface area contributed by atoms with Gasteiger partial charge in [0.2, 0.25) is 5.13 Å². The molecule has 0 saturated carbocycles. The number of anilines is 1. The summed E-state index contributed by atoms with van der Waals surface area (Å²) in [5.74, 6) is 0.411. The molecule has 1 N–H and O–H groups in total. The molecule has 1 amide bonds. The minimum Gasteiger partial charge on any atom is -0.481 e. The third-order valence-electron chi connectivity index (χ3n) is 3.63. The van der Waals surface area contributed by atoms with Gasteiger partial charge in [-0.1, -0.05) is 53.3 Å². The molecule has 2 aromatic carbocycles. The van der Waals surface area contributed by atoms with Gasteiger partial charge < -0.3 is 4.74 Å². The van der Waals surface area contributed by atoms with Crippen LogP contribution in [0.3, 0.4) is 0 Å². The van der Waals surface area contributed by atoms with Crippen molar-refractivity contribution in [2.45, 2.75) is 26.9 Å². The van der Waals surface area contributed by atoms with E-state index >= 15 is 0 Å². The van der Waals surface area contributed by atoms with Crippen LogP contribution in [0, 0.1) is 13.8 Å². The number of benzene rings is 2. The lowest BCUT2D eigenvalue weighted by Crippen LogP contribution is -2.30. The number of rotatable bonds is 5. The molecule has 1 aromatic heterocycles. The van der Waals surface area contributed by atoms with Gasteiger partial charge >= 0.3 is 0 Å². The van der Waals surface area contributed by atoms with Crippen molar-refractivity contribution < 1.29 is 9.53 Å². The molecule has 0 aliphatic heterocycles. The summed E-state index contributed by atoms with van der Waals surface area (Å²) in [4.78, 5) is 12.3. The highest BCUT2D eigenvalue weighted by Gasteiger charge is 2.17. The molecule has 0 spiro atoms. The fourth-order valence-electron chi connectivity index (χ4n) is 2.24. The van der Waals surface area contributed by atoms with E-state index in [0.29, 0.717) is 10.9 Å². The number of nitrogens with zero attached hydrogens (tertiary/aromatic N) is 2. The smallest absolute Gasteiger partial charge is 0.266 e. The van der Waals surface area contributed by atoms with Crippen molar-refractivity contribution in [3.05, 3.63) is 59.7 Å². The Morgan fingerprint density at radius 2 is 1.84 bits per heavy atom. The van der Waals surface area contributed by atoms with Crippen LogP contribution in [0.5, 0.6) is 5.75 Å². The van der Waals surface area contributed by atoms with E-state index in [1.165, 1.54) is 16.9 Å². The van der Waals surface area contributed by atoms with Crippen LogP contribution >= 0.6 is 11.3 Å². The first kappa shape index (κ1) is 17.1. The van der Waals surface area contributed by atoms with Crippen molar-refractivity contribution in [3.8, 4) is 16.3 Å². The normalized spacial score (nSPS) is 11.8. The lowest BCUT2D eigenvalue weighted by Gasteiger charge is -2.13. The zero-order chi connectivity index (χ0) is 17.8. The van der Waals surface area contributed by atoms with Crippen molar-refractivity contribution in [2.24, 2.45) is 0 Å². The van der Waals surface area contributed by atoms with Crippen molar-refractivity contribution in [1.82, 2.24) is 10.2 Å². The van der Waals surface area contributed by atoms with Gasteiger partial charge in [0.15, 0.2) is 6.10 Å². The second kappa shape index (κ2) is 7.44. The number of carbonyl (C=O) groups excluding carboxylic acids is 1. The predicted octanol–water partition coefficient (Wildman–Crippen LogP) is 4.23. The molecule has 0 bridgehead atoms. The van der Waals surface area contributed by atoms with E-state index in [2.05, 4.69) is 15.5 Å². The number of hydrogen-bond acceptors (Lipinski definition) is 5. The van der Waals surface area contributed by atoms with Gasteiger partial charge in [-0.05, 0) is 38.5 Å².